The molecule has 2 heterocycles. The first-order valence-corrected chi connectivity index (χ1v) is 19.5. The summed E-state index contributed by atoms with van der Waals surface area (Å²) in [6, 6.07) is 72.3. The quantitative estimate of drug-likeness (QED) is 0.170. The molecule has 258 valence electrons. The molecule has 0 spiro atoms. The van der Waals surface area contributed by atoms with Gasteiger partial charge in [0, 0.05) is 37.6 Å². The first kappa shape index (κ1) is 31.6. The third-order valence-electron chi connectivity index (χ3n) is 10.9. The van der Waals surface area contributed by atoms with E-state index in [0.29, 0.717) is 0 Å². The fraction of sp³-hybridized carbons (Fsp3) is 0. The molecule has 2 aromatic heterocycles. The van der Waals surface area contributed by atoms with Crippen LogP contribution in [-0.2, 0) is 0 Å². The number of benzene rings is 9. The lowest BCUT2D eigenvalue weighted by Crippen LogP contribution is -2.10. The molecule has 11 aromatic rings. The van der Waals surface area contributed by atoms with Crippen LogP contribution in [0.4, 0.5) is 17.1 Å². The number of hydrogen-bond donors (Lipinski definition) is 0. The Balaban J connectivity index is 1.13. The van der Waals surface area contributed by atoms with Crippen molar-refractivity contribution < 1.29 is 4.42 Å². The summed E-state index contributed by atoms with van der Waals surface area (Å²) in [4.78, 5) is 2.44. The van der Waals surface area contributed by atoms with Gasteiger partial charge in [0.25, 0.3) is 0 Å². The maximum absolute atomic E-state index is 6.36. The topological polar surface area (TPSA) is 16.4 Å². The Kier molecular flexibility index (Phi) is 7.39. The van der Waals surface area contributed by atoms with Crippen molar-refractivity contribution in [1.29, 1.82) is 0 Å². The highest BCUT2D eigenvalue weighted by Gasteiger charge is 2.21. The molecule has 55 heavy (non-hydrogen) atoms. The predicted molar refractivity (Wildman–Crippen MR) is 235 cm³/mol. The Morgan fingerprint density at radius 1 is 0.382 bits per heavy atom. The number of para-hydroxylation sites is 1. The van der Waals surface area contributed by atoms with E-state index in [9.17, 15) is 0 Å². The summed E-state index contributed by atoms with van der Waals surface area (Å²) in [5, 5.41) is 7.32. The summed E-state index contributed by atoms with van der Waals surface area (Å²) >= 11 is 1.86. The van der Waals surface area contributed by atoms with E-state index in [4.69, 9.17) is 4.42 Å². The molecule has 0 radical (unpaired) electrons. The van der Waals surface area contributed by atoms with Crippen LogP contribution in [0.15, 0.2) is 205 Å². The van der Waals surface area contributed by atoms with Crippen LogP contribution in [-0.4, -0.2) is 0 Å². The largest absolute Gasteiger partial charge is 0.456 e. The summed E-state index contributed by atoms with van der Waals surface area (Å²) in [7, 11) is 0. The van der Waals surface area contributed by atoms with E-state index >= 15 is 0 Å². The molecule has 11 rings (SSSR count). The van der Waals surface area contributed by atoms with Crippen molar-refractivity contribution in [2.24, 2.45) is 0 Å². The minimum absolute atomic E-state index is 0.895. The SMILES string of the molecule is c1ccc(-c2cc(N(c3ccc(-c4ccc5ccccc5c4)cc3)c3cccc4c3sc3ccccc34)ccc2-c2cccc3oc4ccccc4c23)cc1. The molecule has 0 bridgehead atoms. The average molecular weight is 720 g/mol. The highest BCUT2D eigenvalue weighted by Crippen LogP contribution is 2.48. The summed E-state index contributed by atoms with van der Waals surface area (Å²) < 4.78 is 8.91. The number of fused-ring (bicyclic) bond motifs is 7. The maximum Gasteiger partial charge on any atom is 0.136 e. The van der Waals surface area contributed by atoms with Crippen LogP contribution in [0.25, 0.3) is 86.3 Å². The van der Waals surface area contributed by atoms with E-state index in [1.807, 2.05) is 17.4 Å². The Labute approximate surface area is 322 Å². The fourth-order valence-electron chi connectivity index (χ4n) is 8.27. The highest BCUT2D eigenvalue weighted by atomic mass is 32.1. The molecule has 9 aromatic carbocycles. The molecule has 0 amide bonds. The molecule has 0 N–H and O–H groups in total. The number of rotatable bonds is 6. The lowest BCUT2D eigenvalue weighted by Gasteiger charge is -2.27. The molecule has 0 fully saturated rings. The zero-order valence-corrected chi connectivity index (χ0v) is 30.6. The van der Waals surface area contributed by atoms with Crippen LogP contribution in [0, 0.1) is 0 Å². The van der Waals surface area contributed by atoms with Gasteiger partial charge < -0.3 is 9.32 Å². The number of nitrogens with zero attached hydrogens (tertiary/aromatic N) is 1. The van der Waals surface area contributed by atoms with E-state index in [1.54, 1.807) is 0 Å². The molecule has 0 aliphatic carbocycles. The van der Waals surface area contributed by atoms with Gasteiger partial charge in [-0.15, -0.1) is 11.3 Å². The Bertz CT molecular complexity index is 3210. The summed E-state index contributed by atoms with van der Waals surface area (Å²) in [5.74, 6) is 0. The molecule has 0 atom stereocenters. The van der Waals surface area contributed by atoms with Crippen LogP contribution in [0.2, 0.25) is 0 Å². The van der Waals surface area contributed by atoms with Crippen molar-refractivity contribution >= 4 is 81.3 Å². The Hall–Kier alpha value is -6.94. The first-order chi connectivity index (χ1) is 27.3. The first-order valence-electron chi connectivity index (χ1n) is 18.7. The van der Waals surface area contributed by atoms with Gasteiger partial charge in [-0.25, -0.2) is 0 Å². The molecule has 0 unspecified atom stereocenters. The second kappa shape index (κ2) is 12.9. The molecular formula is C52H33NOS. The Morgan fingerprint density at radius 2 is 1.07 bits per heavy atom. The third kappa shape index (κ3) is 5.32. The van der Waals surface area contributed by atoms with E-state index in [2.05, 4.69) is 199 Å². The second-order valence-corrected chi connectivity index (χ2v) is 15.1. The fourth-order valence-corrected chi connectivity index (χ4v) is 9.48. The standard InChI is InChI=1S/C52H33NOS/c1-2-13-36(14-3-1)46-33-40(30-31-41(46)43-18-11-22-49-51(43)45-17-6-8-21-48(45)54-49)53(47-20-10-19-44-42-16-7-9-23-50(42)55-52(44)47)39-28-26-35(27-29-39)38-25-24-34-12-4-5-15-37(34)32-38/h1-33H. The van der Waals surface area contributed by atoms with Gasteiger partial charge in [-0.3, -0.25) is 0 Å². The normalized spacial score (nSPS) is 11.6. The minimum atomic E-state index is 0.895. The predicted octanol–water partition coefficient (Wildman–Crippen LogP) is 15.6. The number of thiophene rings is 1. The van der Waals surface area contributed by atoms with Crippen molar-refractivity contribution in [2.45, 2.75) is 0 Å². The van der Waals surface area contributed by atoms with Crippen LogP contribution < -0.4 is 4.90 Å². The van der Waals surface area contributed by atoms with Gasteiger partial charge in [-0.2, -0.15) is 0 Å². The minimum Gasteiger partial charge on any atom is -0.456 e. The lowest BCUT2D eigenvalue weighted by atomic mass is 9.91. The van der Waals surface area contributed by atoms with Crippen LogP contribution in [0.1, 0.15) is 0 Å². The van der Waals surface area contributed by atoms with Crippen molar-refractivity contribution in [2.75, 3.05) is 4.90 Å². The molecular weight excluding hydrogens is 687 g/mol. The average Bonchev–Trinajstić information content (AvgIpc) is 3.83. The summed E-state index contributed by atoms with van der Waals surface area (Å²) in [6.07, 6.45) is 0. The van der Waals surface area contributed by atoms with Crippen LogP contribution in [0.3, 0.4) is 0 Å². The second-order valence-electron chi connectivity index (χ2n) is 14.1. The highest BCUT2D eigenvalue weighted by molar-refractivity contribution is 7.26. The van der Waals surface area contributed by atoms with Crippen molar-refractivity contribution in [3.63, 3.8) is 0 Å². The van der Waals surface area contributed by atoms with Crippen molar-refractivity contribution in [1.82, 2.24) is 0 Å². The smallest absolute Gasteiger partial charge is 0.136 e. The van der Waals surface area contributed by atoms with Crippen molar-refractivity contribution in [3.05, 3.63) is 200 Å². The van der Waals surface area contributed by atoms with Gasteiger partial charge in [0.2, 0.25) is 0 Å². The number of anilines is 3. The lowest BCUT2D eigenvalue weighted by molar-refractivity contribution is 0.669. The Morgan fingerprint density at radius 3 is 1.96 bits per heavy atom. The maximum atomic E-state index is 6.36. The molecule has 2 nitrogen and oxygen atoms in total. The molecule has 0 saturated carbocycles. The summed E-state index contributed by atoms with van der Waals surface area (Å²) in [6.45, 7) is 0. The van der Waals surface area contributed by atoms with Crippen molar-refractivity contribution in [3.8, 4) is 33.4 Å². The van der Waals surface area contributed by atoms with E-state index in [-0.39, 0.29) is 0 Å². The van der Waals surface area contributed by atoms with Gasteiger partial charge in [0.05, 0.1) is 10.4 Å². The number of furan rings is 1. The number of hydrogen-bond acceptors (Lipinski definition) is 3. The van der Waals surface area contributed by atoms with Gasteiger partial charge >= 0.3 is 0 Å². The monoisotopic (exact) mass is 719 g/mol. The van der Waals surface area contributed by atoms with E-state index in [0.717, 1.165) is 55.7 Å². The zero-order chi connectivity index (χ0) is 36.3. The molecule has 0 aliphatic rings. The van der Waals surface area contributed by atoms with Gasteiger partial charge in [-0.1, -0.05) is 146 Å². The third-order valence-corrected chi connectivity index (χ3v) is 12.1. The molecule has 3 heteroatoms. The zero-order valence-electron chi connectivity index (χ0n) is 29.8. The van der Waals surface area contributed by atoms with Crippen LogP contribution in [0.5, 0.6) is 0 Å². The summed E-state index contributed by atoms with van der Waals surface area (Å²) in [5.41, 5.74) is 12.2. The van der Waals surface area contributed by atoms with Crippen LogP contribution >= 0.6 is 11.3 Å². The van der Waals surface area contributed by atoms with Gasteiger partial charge in [0.1, 0.15) is 11.2 Å². The van der Waals surface area contributed by atoms with Gasteiger partial charge in [0.15, 0.2) is 0 Å². The molecule has 0 aliphatic heterocycles. The van der Waals surface area contributed by atoms with Gasteiger partial charge in [-0.05, 0) is 98.8 Å². The van der Waals surface area contributed by atoms with E-state index in [1.165, 1.54) is 47.6 Å². The molecule has 0 saturated heterocycles. The van der Waals surface area contributed by atoms with E-state index < -0.39 is 0 Å².